The zero-order valence-corrected chi connectivity index (χ0v) is 9.89. The third-order valence-corrected chi connectivity index (χ3v) is 3.40. The molecule has 15 heavy (non-hydrogen) atoms. The molecule has 0 bridgehead atoms. The second kappa shape index (κ2) is 5.37. The van der Waals surface area contributed by atoms with Gasteiger partial charge in [-0.15, -0.1) is 0 Å². The first-order valence-corrected chi connectivity index (χ1v) is 6.28. The van der Waals surface area contributed by atoms with E-state index in [9.17, 15) is 0 Å². The molecular weight excluding hydrogens is 206 g/mol. The number of rotatable bonds is 3. The van der Waals surface area contributed by atoms with Gasteiger partial charge in [0.15, 0.2) is 0 Å². The lowest BCUT2D eigenvalue weighted by Gasteiger charge is -2.16. The van der Waals surface area contributed by atoms with Crippen molar-refractivity contribution in [3.05, 3.63) is 23.5 Å². The standard InChI is InChI=1S/C11H17N3S/c1-12-11(10-8-13-15-14-10)9-6-4-2-3-5-7-9/h6,8,11-12H,2-5,7H2,1H3. The quantitative estimate of drug-likeness (QED) is 0.801. The highest BCUT2D eigenvalue weighted by Crippen LogP contribution is 2.27. The van der Waals surface area contributed by atoms with Crippen LogP contribution in [0.5, 0.6) is 0 Å². The van der Waals surface area contributed by atoms with Gasteiger partial charge in [0.1, 0.15) is 0 Å². The summed E-state index contributed by atoms with van der Waals surface area (Å²) in [6.07, 6.45) is 10.7. The molecule has 0 aromatic carbocycles. The summed E-state index contributed by atoms with van der Waals surface area (Å²) in [7, 11) is 2.00. The lowest BCUT2D eigenvalue weighted by Crippen LogP contribution is -2.19. The van der Waals surface area contributed by atoms with Gasteiger partial charge < -0.3 is 5.32 Å². The smallest absolute Gasteiger partial charge is 0.0954 e. The van der Waals surface area contributed by atoms with E-state index in [0.29, 0.717) is 0 Å². The first-order valence-electron chi connectivity index (χ1n) is 5.55. The number of aromatic nitrogens is 2. The van der Waals surface area contributed by atoms with Crippen LogP contribution in [0.1, 0.15) is 43.8 Å². The molecular formula is C11H17N3S. The number of likely N-dealkylation sites (N-methyl/N-ethyl adjacent to an activating group) is 1. The molecule has 1 aliphatic rings. The molecule has 1 atom stereocenters. The van der Waals surface area contributed by atoms with Crippen LogP contribution in [0.15, 0.2) is 17.8 Å². The highest BCUT2D eigenvalue weighted by Gasteiger charge is 2.17. The molecule has 1 aromatic heterocycles. The third-order valence-electron chi connectivity index (χ3n) is 2.91. The van der Waals surface area contributed by atoms with E-state index in [0.717, 1.165) is 5.69 Å². The molecule has 2 rings (SSSR count). The van der Waals surface area contributed by atoms with Crippen molar-refractivity contribution in [3.8, 4) is 0 Å². The molecule has 4 heteroatoms. The second-order valence-corrected chi connectivity index (χ2v) is 4.49. The van der Waals surface area contributed by atoms with Crippen LogP contribution < -0.4 is 5.32 Å². The van der Waals surface area contributed by atoms with Crippen LogP contribution in [0.25, 0.3) is 0 Å². The molecule has 0 aliphatic heterocycles. The molecule has 0 amide bonds. The Balaban J connectivity index is 2.15. The largest absolute Gasteiger partial charge is 0.308 e. The minimum atomic E-state index is 0.279. The van der Waals surface area contributed by atoms with Crippen LogP contribution in [-0.4, -0.2) is 15.8 Å². The van der Waals surface area contributed by atoms with Crippen molar-refractivity contribution in [1.29, 1.82) is 0 Å². The lowest BCUT2D eigenvalue weighted by atomic mass is 10.00. The van der Waals surface area contributed by atoms with Gasteiger partial charge >= 0.3 is 0 Å². The predicted molar refractivity (Wildman–Crippen MR) is 62.9 cm³/mol. The Morgan fingerprint density at radius 1 is 1.40 bits per heavy atom. The summed E-state index contributed by atoms with van der Waals surface area (Å²) in [5.41, 5.74) is 2.55. The Kier molecular flexibility index (Phi) is 3.86. The second-order valence-electron chi connectivity index (χ2n) is 3.93. The van der Waals surface area contributed by atoms with Crippen molar-refractivity contribution in [2.24, 2.45) is 0 Å². The van der Waals surface area contributed by atoms with Crippen molar-refractivity contribution in [3.63, 3.8) is 0 Å². The zero-order chi connectivity index (χ0) is 10.5. The van der Waals surface area contributed by atoms with Crippen molar-refractivity contribution >= 4 is 11.7 Å². The fraction of sp³-hybridized carbons (Fsp3) is 0.636. The summed E-state index contributed by atoms with van der Waals surface area (Å²) in [6.45, 7) is 0. The molecule has 0 spiro atoms. The van der Waals surface area contributed by atoms with E-state index >= 15 is 0 Å². The number of hydrogen-bond donors (Lipinski definition) is 1. The Bertz CT molecular complexity index is 319. The molecule has 1 aromatic rings. The maximum atomic E-state index is 4.32. The van der Waals surface area contributed by atoms with Crippen molar-refractivity contribution < 1.29 is 0 Å². The first kappa shape index (κ1) is 10.8. The van der Waals surface area contributed by atoms with E-state index in [4.69, 9.17) is 0 Å². The van der Waals surface area contributed by atoms with Gasteiger partial charge in [-0.3, -0.25) is 0 Å². The van der Waals surface area contributed by atoms with Crippen molar-refractivity contribution in [1.82, 2.24) is 14.1 Å². The monoisotopic (exact) mass is 223 g/mol. The van der Waals surface area contributed by atoms with Gasteiger partial charge in [0, 0.05) is 0 Å². The molecule has 3 nitrogen and oxygen atoms in total. The SMILES string of the molecule is CNC(C1=CCCCCC1)c1cnsn1. The summed E-state index contributed by atoms with van der Waals surface area (Å²) in [5.74, 6) is 0. The van der Waals surface area contributed by atoms with Gasteiger partial charge in [0.25, 0.3) is 0 Å². The minimum Gasteiger partial charge on any atom is -0.308 e. The number of allylic oxidation sites excluding steroid dienone is 1. The van der Waals surface area contributed by atoms with Crippen LogP contribution in [0.3, 0.4) is 0 Å². The van der Waals surface area contributed by atoms with Gasteiger partial charge in [-0.25, -0.2) is 0 Å². The minimum absolute atomic E-state index is 0.279. The van der Waals surface area contributed by atoms with Gasteiger partial charge in [-0.2, -0.15) is 8.75 Å². The van der Waals surface area contributed by atoms with Gasteiger partial charge in [-0.1, -0.05) is 18.1 Å². The maximum absolute atomic E-state index is 4.32. The van der Waals surface area contributed by atoms with Crippen LogP contribution in [0.2, 0.25) is 0 Å². The van der Waals surface area contributed by atoms with Gasteiger partial charge in [0.2, 0.25) is 0 Å². The maximum Gasteiger partial charge on any atom is 0.0954 e. The molecule has 0 saturated carbocycles. The lowest BCUT2D eigenvalue weighted by molar-refractivity contribution is 0.619. The van der Waals surface area contributed by atoms with Crippen LogP contribution >= 0.6 is 11.7 Å². The highest BCUT2D eigenvalue weighted by atomic mass is 32.1. The number of hydrogen-bond acceptors (Lipinski definition) is 4. The van der Waals surface area contributed by atoms with Crippen LogP contribution in [-0.2, 0) is 0 Å². The highest BCUT2D eigenvalue weighted by molar-refractivity contribution is 6.99. The molecule has 0 radical (unpaired) electrons. The Labute approximate surface area is 94.9 Å². The van der Waals surface area contributed by atoms with Gasteiger partial charge in [0.05, 0.1) is 29.7 Å². The summed E-state index contributed by atoms with van der Waals surface area (Å²) in [5, 5.41) is 3.34. The van der Waals surface area contributed by atoms with E-state index in [-0.39, 0.29) is 6.04 Å². The Morgan fingerprint density at radius 2 is 2.33 bits per heavy atom. The van der Waals surface area contributed by atoms with E-state index in [2.05, 4.69) is 20.1 Å². The van der Waals surface area contributed by atoms with E-state index < -0.39 is 0 Å². The fourth-order valence-corrected chi connectivity index (χ4v) is 2.57. The van der Waals surface area contributed by atoms with Crippen LogP contribution in [0, 0.1) is 0 Å². The Hall–Kier alpha value is -0.740. The summed E-state index contributed by atoms with van der Waals surface area (Å²) in [4.78, 5) is 0. The third kappa shape index (κ3) is 2.63. The normalized spacial score (nSPS) is 19.4. The van der Waals surface area contributed by atoms with E-state index in [1.807, 2.05) is 13.2 Å². The topological polar surface area (TPSA) is 37.8 Å². The molecule has 1 heterocycles. The molecule has 0 saturated heterocycles. The molecule has 1 unspecified atom stereocenters. The first-order chi connectivity index (χ1) is 7.42. The fourth-order valence-electron chi connectivity index (χ4n) is 2.12. The molecule has 1 N–H and O–H groups in total. The van der Waals surface area contributed by atoms with Crippen molar-refractivity contribution in [2.75, 3.05) is 7.05 Å². The van der Waals surface area contributed by atoms with Gasteiger partial charge in [-0.05, 0) is 32.7 Å². The molecule has 82 valence electrons. The molecule has 1 aliphatic carbocycles. The van der Waals surface area contributed by atoms with E-state index in [1.165, 1.54) is 49.4 Å². The van der Waals surface area contributed by atoms with E-state index in [1.54, 1.807) is 0 Å². The number of nitrogens with zero attached hydrogens (tertiary/aromatic N) is 2. The van der Waals surface area contributed by atoms with Crippen molar-refractivity contribution in [2.45, 2.75) is 38.1 Å². The predicted octanol–water partition coefficient (Wildman–Crippen LogP) is 2.69. The average Bonchev–Trinajstić information content (AvgIpc) is 2.63. The number of nitrogens with one attached hydrogen (secondary N) is 1. The summed E-state index contributed by atoms with van der Waals surface area (Å²) >= 11 is 1.29. The molecule has 0 fully saturated rings. The Morgan fingerprint density at radius 3 is 3.07 bits per heavy atom. The summed E-state index contributed by atoms with van der Waals surface area (Å²) < 4.78 is 8.39. The zero-order valence-electron chi connectivity index (χ0n) is 9.07. The van der Waals surface area contributed by atoms with Crippen LogP contribution in [0.4, 0.5) is 0 Å². The average molecular weight is 223 g/mol. The summed E-state index contributed by atoms with van der Waals surface area (Å²) in [6, 6.07) is 0.279.